The average molecular weight is 387 g/mol. The maximum atomic E-state index is 6.44. The van der Waals surface area contributed by atoms with Crippen LogP contribution in [-0.2, 0) is 10.3 Å². The van der Waals surface area contributed by atoms with Gasteiger partial charge in [-0.25, -0.2) is 0 Å². The highest BCUT2D eigenvalue weighted by Gasteiger charge is 2.60. The van der Waals surface area contributed by atoms with Gasteiger partial charge in [0.2, 0.25) is 0 Å². The number of epoxide rings is 1. The van der Waals surface area contributed by atoms with E-state index in [1.807, 2.05) is 36.7 Å². The summed E-state index contributed by atoms with van der Waals surface area (Å²) in [5.41, 5.74) is 2.82. The molecule has 0 N–H and O–H groups in total. The van der Waals surface area contributed by atoms with Crippen LogP contribution in [0.4, 0.5) is 0 Å². The Morgan fingerprint density at radius 3 is 2.38 bits per heavy atom. The van der Waals surface area contributed by atoms with Gasteiger partial charge in [-0.3, -0.25) is 4.98 Å². The fourth-order valence-electron chi connectivity index (χ4n) is 4.47. The molecule has 2 atom stereocenters. The van der Waals surface area contributed by atoms with Crippen LogP contribution < -0.4 is 9.47 Å². The summed E-state index contributed by atoms with van der Waals surface area (Å²) in [4.78, 5) is 4.15. The molecule has 0 spiro atoms. The molecule has 2 heterocycles. The van der Waals surface area contributed by atoms with Crippen molar-refractivity contribution in [2.45, 2.75) is 43.5 Å². The standard InChI is InChI=1S/C25H25NO3/c1-27-22-12-11-20(17-23(22)28-21-9-5-6-10-21)25(19-7-3-2-4-8-19)24(29-25)18-13-15-26-16-14-18/h2-4,7-8,11-17,21,24H,5-6,9-10H2,1H3/t24-,25-/m0/s1. The van der Waals surface area contributed by atoms with Gasteiger partial charge in [0.15, 0.2) is 11.5 Å². The quantitative estimate of drug-likeness (QED) is 0.529. The molecule has 1 saturated heterocycles. The zero-order chi connectivity index (χ0) is 19.7. The summed E-state index contributed by atoms with van der Waals surface area (Å²) in [7, 11) is 1.69. The Labute approximate surface area is 171 Å². The average Bonchev–Trinajstić information content (AvgIpc) is 3.35. The van der Waals surface area contributed by atoms with Gasteiger partial charge in [-0.2, -0.15) is 0 Å². The van der Waals surface area contributed by atoms with Crippen molar-refractivity contribution in [3.63, 3.8) is 0 Å². The monoisotopic (exact) mass is 387 g/mol. The SMILES string of the molecule is COc1ccc([C@]2(c3ccccc3)O[C@H]2c2ccncc2)cc1OC1CCCC1. The van der Waals surface area contributed by atoms with Gasteiger partial charge in [0.1, 0.15) is 11.7 Å². The van der Waals surface area contributed by atoms with E-state index in [-0.39, 0.29) is 12.2 Å². The fraction of sp³-hybridized carbons (Fsp3) is 0.320. The molecule has 0 amide bonds. The second-order valence-electron chi connectivity index (χ2n) is 7.77. The van der Waals surface area contributed by atoms with Gasteiger partial charge in [0.25, 0.3) is 0 Å². The van der Waals surface area contributed by atoms with Crippen molar-refractivity contribution < 1.29 is 14.2 Å². The normalized spacial score (nSPS) is 23.7. The summed E-state index contributed by atoms with van der Waals surface area (Å²) in [6.45, 7) is 0. The van der Waals surface area contributed by atoms with Gasteiger partial charge < -0.3 is 14.2 Å². The largest absolute Gasteiger partial charge is 0.493 e. The molecular formula is C25H25NO3. The van der Waals surface area contributed by atoms with E-state index >= 15 is 0 Å². The van der Waals surface area contributed by atoms with Crippen LogP contribution >= 0.6 is 0 Å². The maximum absolute atomic E-state index is 6.44. The molecule has 0 radical (unpaired) electrons. The number of hydrogen-bond donors (Lipinski definition) is 0. The molecule has 2 aliphatic rings. The lowest BCUT2D eigenvalue weighted by Gasteiger charge is -2.20. The molecule has 148 valence electrons. The molecule has 1 aliphatic heterocycles. The lowest BCUT2D eigenvalue weighted by atomic mass is 9.85. The molecule has 2 fully saturated rings. The van der Waals surface area contributed by atoms with E-state index in [9.17, 15) is 0 Å². The number of nitrogens with zero attached hydrogens (tertiary/aromatic N) is 1. The lowest BCUT2D eigenvalue weighted by molar-refractivity contribution is 0.200. The van der Waals surface area contributed by atoms with Crippen LogP contribution in [0, 0.1) is 0 Å². The minimum atomic E-state index is -0.525. The highest BCUT2D eigenvalue weighted by atomic mass is 16.6. The molecule has 5 rings (SSSR count). The zero-order valence-corrected chi connectivity index (χ0v) is 16.6. The third-order valence-electron chi connectivity index (χ3n) is 6.02. The van der Waals surface area contributed by atoms with Gasteiger partial charge in [0.05, 0.1) is 13.2 Å². The van der Waals surface area contributed by atoms with Crippen molar-refractivity contribution in [1.29, 1.82) is 0 Å². The molecule has 1 aromatic heterocycles. The topological polar surface area (TPSA) is 43.9 Å². The molecule has 4 heteroatoms. The number of hydrogen-bond acceptors (Lipinski definition) is 4. The minimum Gasteiger partial charge on any atom is -0.493 e. The van der Waals surface area contributed by atoms with E-state index < -0.39 is 5.60 Å². The summed E-state index contributed by atoms with van der Waals surface area (Å²) in [6, 6.07) is 20.6. The van der Waals surface area contributed by atoms with Gasteiger partial charge in [-0.1, -0.05) is 36.4 Å². The Kier molecular flexibility index (Phi) is 4.72. The molecule has 1 saturated carbocycles. The summed E-state index contributed by atoms with van der Waals surface area (Å²) in [6.07, 6.45) is 8.51. The van der Waals surface area contributed by atoms with Crippen LogP contribution in [-0.4, -0.2) is 18.2 Å². The third-order valence-corrected chi connectivity index (χ3v) is 6.02. The van der Waals surface area contributed by atoms with Crippen LogP contribution in [0.15, 0.2) is 73.1 Å². The van der Waals surface area contributed by atoms with Crippen LogP contribution in [0.5, 0.6) is 11.5 Å². The first kappa shape index (κ1) is 18.2. The van der Waals surface area contributed by atoms with Crippen LogP contribution in [0.3, 0.4) is 0 Å². The molecule has 3 aromatic rings. The van der Waals surface area contributed by atoms with Crippen LogP contribution in [0.25, 0.3) is 0 Å². The summed E-state index contributed by atoms with van der Waals surface area (Å²) >= 11 is 0. The Morgan fingerprint density at radius 2 is 1.66 bits per heavy atom. The molecule has 29 heavy (non-hydrogen) atoms. The number of pyridine rings is 1. The zero-order valence-electron chi connectivity index (χ0n) is 16.6. The Hall–Kier alpha value is -2.85. The predicted molar refractivity (Wildman–Crippen MR) is 111 cm³/mol. The van der Waals surface area contributed by atoms with Gasteiger partial charge >= 0.3 is 0 Å². The van der Waals surface area contributed by atoms with Crippen LogP contribution in [0.2, 0.25) is 0 Å². The van der Waals surface area contributed by atoms with Gasteiger partial charge in [0, 0.05) is 12.4 Å². The molecule has 0 bridgehead atoms. The first-order valence-electron chi connectivity index (χ1n) is 10.3. The van der Waals surface area contributed by atoms with E-state index in [0.717, 1.165) is 41.0 Å². The number of rotatable bonds is 6. The van der Waals surface area contributed by atoms with E-state index in [2.05, 4.69) is 41.4 Å². The highest BCUT2D eigenvalue weighted by Crippen LogP contribution is 2.61. The molecule has 2 aromatic carbocycles. The van der Waals surface area contributed by atoms with Crippen molar-refractivity contribution in [2.24, 2.45) is 0 Å². The van der Waals surface area contributed by atoms with Crippen LogP contribution in [0.1, 0.15) is 48.5 Å². The number of ether oxygens (including phenoxy) is 3. The van der Waals surface area contributed by atoms with Crippen molar-refractivity contribution in [3.8, 4) is 11.5 Å². The maximum Gasteiger partial charge on any atom is 0.161 e. The van der Waals surface area contributed by atoms with E-state index in [1.54, 1.807) is 7.11 Å². The molecular weight excluding hydrogens is 362 g/mol. The van der Waals surface area contributed by atoms with Crippen molar-refractivity contribution in [2.75, 3.05) is 7.11 Å². The Morgan fingerprint density at radius 1 is 0.897 bits per heavy atom. The first-order chi connectivity index (χ1) is 14.3. The smallest absolute Gasteiger partial charge is 0.161 e. The van der Waals surface area contributed by atoms with Gasteiger partial charge in [-0.15, -0.1) is 0 Å². The number of methoxy groups -OCH3 is 1. The number of aromatic nitrogens is 1. The van der Waals surface area contributed by atoms with E-state index in [0.29, 0.717) is 0 Å². The van der Waals surface area contributed by atoms with Crippen molar-refractivity contribution in [3.05, 3.63) is 89.7 Å². The van der Waals surface area contributed by atoms with E-state index in [1.165, 1.54) is 12.8 Å². The molecule has 1 aliphatic carbocycles. The van der Waals surface area contributed by atoms with Crippen molar-refractivity contribution >= 4 is 0 Å². The predicted octanol–water partition coefficient (Wildman–Crippen LogP) is 5.43. The van der Waals surface area contributed by atoms with E-state index in [4.69, 9.17) is 14.2 Å². The second-order valence-corrected chi connectivity index (χ2v) is 7.77. The van der Waals surface area contributed by atoms with Crippen molar-refractivity contribution in [1.82, 2.24) is 4.98 Å². The third kappa shape index (κ3) is 3.28. The lowest BCUT2D eigenvalue weighted by Crippen LogP contribution is -2.15. The summed E-state index contributed by atoms with van der Waals surface area (Å²) in [5.74, 6) is 1.57. The Bertz CT molecular complexity index is 970. The molecule has 0 unspecified atom stereocenters. The second kappa shape index (κ2) is 7.53. The number of benzene rings is 2. The highest BCUT2D eigenvalue weighted by molar-refractivity contribution is 5.52. The molecule has 4 nitrogen and oxygen atoms in total. The fourth-order valence-corrected chi connectivity index (χ4v) is 4.47. The summed E-state index contributed by atoms with van der Waals surface area (Å²) in [5, 5.41) is 0. The summed E-state index contributed by atoms with van der Waals surface area (Å²) < 4.78 is 18.4. The van der Waals surface area contributed by atoms with Gasteiger partial charge in [-0.05, 0) is 66.6 Å². The first-order valence-corrected chi connectivity index (χ1v) is 10.3. The minimum absolute atomic E-state index is 0.0550. The Balaban J connectivity index is 1.57.